The molecule has 0 aliphatic rings. The predicted molar refractivity (Wildman–Crippen MR) is 96.1 cm³/mol. The van der Waals surface area contributed by atoms with E-state index in [9.17, 15) is 9.18 Å². The number of hydrogen-bond donors (Lipinski definition) is 1. The third-order valence-corrected chi connectivity index (χ3v) is 4.41. The van der Waals surface area contributed by atoms with Crippen LogP contribution in [0.25, 0.3) is 11.3 Å². The minimum atomic E-state index is -0.529. The van der Waals surface area contributed by atoms with E-state index in [0.29, 0.717) is 15.6 Å². The SMILES string of the molecule is Cc1onc(-c2c(Cl)cccc2Cl)c1C(=O)Nc1ccc(F)cc1Cl. The van der Waals surface area contributed by atoms with Gasteiger partial charge in [-0.15, -0.1) is 0 Å². The number of carbonyl (C=O) groups is 1. The fraction of sp³-hybridized carbons (Fsp3) is 0.0588. The molecule has 0 radical (unpaired) electrons. The van der Waals surface area contributed by atoms with E-state index in [2.05, 4.69) is 10.5 Å². The van der Waals surface area contributed by atoms with Gasteiger partial charge in [-0.1, -0.05) is 46.0 Å². The number of hydrogen-bond acceptors (Lipinski definition) is 3. The second-order valence-corrected chi connectivity index (χ2v) is 6.36. The van der Waals surface area contributed by atoms with Gasteiger partial charge < -0.3 is 9.84 Å². The fourth-order valence-electron chi connectivity index (χ4n) is 2.31. The van der Waals surface area contributed by atoms with Crippen LogP contribution in [-0.4, -0.2) is 11.1 Å². The van der Waals surface area contributed by atoms with Crippen molar-refractivity contribution in [1.29, 1.82) is 0 Å². The monoisotopic (exact) mass is 398 g/mol. The number of nitrogens with one attached hydrogen (secondary N) is 1. The topological polar surface area (TPSA) is 55.1 Å². The molecule has 0 aliphatic carbocycles. The number of benzene rings is 2. The van der Waals surface area contributed by atoms with Crippen molar-refractivity contribution in [3.05, 3.63) is 68.6 Å². The van der Waals surface area contributed by atoms with Crippen molar-refractivity contribution in [2.24, 2.45) is 0 Å². The molecule has 1 heterocycles. The first-order chi connectivity index (χ1) is 11.9. The summed E-state index contributed by atoms with van der Waals surface area (Å²) in [6.07, 6.45) is 0. The summed E-state index contributed by atoms with van der Waals surface area (Å²) in [6.45, 7) is 1.59. The molecule has 25 heavy (non-hydrogen) atoms. The molecule has 128 valence electrons. The van der Waals surface area contributed by atoms with Crippen molar-refractivity contribution in [1.82, 2.24) is 5.16 Å². The highest BCUT2D eigenvalue weighted by Crippen LogP contribution is 2.37. The van der Waals surface area contributed by atoms with Gasteiger partial charge >= 0.3 is 0 Å². The number of anilines is 1. The van der Waals surface area contributed by atoms with E-state index in [1.54, 1.807) is 25.1 Å². The van der Waals surface area contributed by atoms with Crippen LogP contribution in [-0.2, 0) is 0 Å². The molecule has 1 N–H and O–H groups in total. The lowest BCUT2D eigenvalue weighted by atomic mass is 10.1. The third-order valence-electron chi connectivity index (χ3n) is 3.47. The Morgan fingerprint density at radius 1 is 1.12 bits per heavy atom. The van der Waals surface area contributed by atoms with E-state index in [0.717, 1.165) is 6.07 Å². The number of amides is 1. The van der Waals surface area contributed by atoms with E-state index in [1.807, 2.05) is 0 Å². The van der Waals surface area contributed by atoms with Crippen LogP contribution >= 0.6 is 34.8 Å². The molecule has 3 aromatic rings. The Morgan fingerprint density at radius 2 is 1.80 bits per heavy atom. The number of aryl methyl sites for hydroxylation is 1. The van der Waals surface area contributed by atoms with Gasteiger partial charge in [-0.2, -0.15) is 0 Å². The van der Waals surface area contributed by atoms with Crippen molar-refractivity contribution in [2.75, 3.05) is 5.32 Å². The van der Waals surface area contributed by atoms with Gasteiger partial charge in [-0.25, -0.2) is 4.39 Å². The quantitative estimate of drug-likeness (QED) is 0.587. The molecule has 0 spiro atoms. The smallest absolute Gasteiger partial charge is 0.261 e. The lowest BCUT2D eigenvalue weighted by molar-refractivity contribution is 0.102. The third kappa shape index (κ3) is 3.49. The molecule has 3 rings (SSSR count). The minimum absolute atomic E-state index is 0.0692. The average molecular weight is 400 g/mol. The van der Waals surface area contributed by atoms with Crippen LogP contribution in [0.5, 0.6) is 0 Å². The molecule has 0 saturated heterocycles. The average Bonchev–Trinajstić information content (AvgIpc) is 2.91. The Labute approximate surface area is 157 Å². The van der Waals surface area contributed by atoms with Gasteiger partial charge in [-0.3, -0.25) is 4.79 Å². The second-order valence-electron chi connectivity index (χ2n) is 5.14. The zero-order valence-corrected chi connectivity index (χ0v) is 15.0. The van der Waals surface area contributed by atoms with Gasteiger partial charge in [-0.05, 0) is 37.3 Å². The van der Waals surface area contributed by atoms with E-state index < -0.39 is 11.7 Å². The van der Waals surface area contributed by atoms with Crippen LogP contribution in [0.3, 0.4) is 0 Å². The first-order valence-corrected chi connectivity index (χ1v) is 8.19. The number of aromatic nitrogens is 1. The molecule has 0 fully saturated rings. The van der Waals surface area contributed by atoms with Crippen LogP contribution in [0.4, 0.5) is 10.1 Å². The summed E-state index contributed by atoms with van der Waals surface area (Å²) in [4.78, 5) is 12.7. The van der Waals surface area contributed by atoms with Crippen molar-refractivity contribution < 1.29 is 13.7 Å². The molecule has 0 saturated carbocycles. The Hall–Kier alpha value is -2.08. The van der Waals surface area contributed by atoms with E-state index in [-0.39, 0.29) is 27.7 Å². The molecule has 4 nitrogen and oxygen atoms in total. The second kappa shape index (κ2) is 7.04. The largest absolute Gasteiger partial charge is 0.360 e. The fourth-order valence-corrected chi connectivity index (χ4v) is 3.10. The maximum atomic E-state index is 13.1. The van der Waals surface area contributed by atoms with Crippen molar-refractivity contribution in [3.63, 3.8) is 0 Å². The zero-order chi connectivity index (χ0) is 18.1. The van der Waals surface area contributed by atoms with Gasteiger partial charge in [0.05, 0.1) is 20.8 Å². The summed E-state index contributed by atoms with van der Waals surface area (Å²) >= 11 is 18.3. The molecule has 0 atom stereocenters. The summed E-state index contributed by atoms with van der Waals surface area (Å²) in [5.41, 5.74) is 1.02. The molecule has 0 unspecified atom stereocenters. The molecular weight excluding hydrogens is 390 g/mol. The normalized spacial score (nSPS) is 10.8. The first-order valence-electron chi connectivity index (χ1n) is 7.05. The maximum absolute atomic E-state index is 13.1. The van der Waals surface area contributed by atoms with Crippen LogP contribution in [0.15, 0.2) is 40.9 Å². The van der Waals surface area contributed by atoms with Gasteiger partial charge in [0.25, 0.3) is 5.91 Å². The number of nitrogens with zero attached hydrogens (tertiary/aromatic N) is 1. The molecule has 0 bridgehead atoms. The summed E-state index contributed by atoms with van der Waals surface area (Å²) in [6, 6.07) is 8.59. The number of halogens is 4. The van der Waals surface area contributed by atoms with E-state index >= 15 is 0 Å². The van der Waals surface area contributed by atoms with Crippen molar-refractivity contribution >= 4 is 46.4 Å². The Bertz CT molecular complexity index is 952. The molecule has 8 heteroatoms. The molecule has 0 aliphatic heterocycles. The Kier molecular flexibility index (Phi) is 4.99. The van der Waals surface area contributed by atoms with Gasteiger partial charge in [0, 0.05) is 5.56 Å². The lowest BCUT2D eigenvalue weighted by Crippen LogP contribution is -2.14. The van der Waals surface area contributed by atoms with Crippen LogP contribution in [0.1, 0.15) is 16.1 Å². The van der Waals surface area contributed by atoms with Crippen molar-refractivity contribution in [3.8, 4) is 11.3 Å². The van der Waals surface area contributed by atoms with Gasteiger partial charge in [0.2, 0.25) is 0 Å². The molecule has 1 aromatic heterocycles. The van der Waals surface area contributed by atoms with E-state index in [4.69, 9.17) is 39.3 Å². The van der Waals surface area contributed by atoms with Crippen LogP contribution < -0.4 is 5.32 Å². The molecular formula is C17H10Cl3FN2O2. The molecule has 1 amide bonds. The minimum Gasteiger partial charge on any atom is -0.360 e. The van der Waals surface area contributed by atoms with Crippen LogP contribution in [0, 0.1) is 12.7 Å². The van der Waals surface area contributed by atoms with Crippen LogP contribution in [0.2, 0.25) is 15.1 Å². The summed E-state index contributed by atoms with van der Waals surface area (Å²) in [5, 5.41) is 7.24. The van der Waals surface area contributed by atoms with Gasteiger partial charge in [0.1, 0.15) is 22.8 Å². The Balaban J connectivity index is 2.03. The standard InChI is InChI=1S/C17H10Cl3FN2O2/c1-8-14(17(24)22-13-6-5-9(21)7-12(13)20)16(23-25-8)15-10(18)3-2-4-11(15)19/h2-7H,1H3,(H,22,24). The highest BCUT2D eigenvalue weighted by Gasteiger charge is 2.25. The predicted octanol–water partition coefficient (Wildman–Crippen LogP) is 6.00. The van der Waals surface area contributed by atoms with E-state index in [1.165, 1.54) is 12.1 Å². The first kappa shape index (κ1) is 17.7. The number of carbonyl (C=O) groups excluding carboxylic acids is 1. The maximum Gasteiger partial charge on any atom is 0.261 e. The summed E-state index contributed by atoms with van der Waals surface area (Å²) in [5.74, 6) is -0.757. The zero-order valence-electron chi connectivity index (χ0n) is 12.7. The summed E-state index contributed by atoms with van der Waals surface area (Å²) in [7, 11) is 0. The number of rotatable bonds is 3. The lowest BCUT2D eigenvalue weighted by Gasteiger charge is -2.09. The van der Waals surface area contributed by atoms with Gasteiger partial charge in [0.15, 0.2) is 0 Å². The highest BCUT2D eigenvalue weighted by atomic mass is 35.5. The summed E-state index contributed by atoms with van der Waals surface area (Å²) < 4.78 is 18.3. The van der Waals surface area contributed by atoms with Crippen molar-refractivity contribution in [2.45, 2.75) is 6.92 Å². The molecule has 2 aromatic carbocycles. The Morgan fingerprint density at radius 3 is 2.44 bits per heavy atom. The highest BCUT2D eigenvalue weighted by molar-refractivity contribution is 6.39.